The maximum absolute atomic E-state index is 6.13. The van der Waals surface area contributed by atoms with Crippen molar-refractivity contribution in [1.82, 2.24) is 0 Å². The molecule has 1 aromatic carbocycles. The van der Waals surface area contributed by atoms with E-state index in [1.165, 1.54) is 16.2 Å². The van der Waals surface area contributed by atoms with E-state index in [9.17, 15) is 0 Å². The minimum absolute atomic E-state index is 0.183. The van der Waals surface area contributed by atoms with Gasteiger partial charge in [0.2, 0.25) is 0 Å². The van der Waals surface area contributed by atoms with Gasteiger partial charge in [0.25, 0.3) is 0 Å². The first-order valence-corrected chi connectivity index (χ1v) is 8.43. The van der Waals surface area contributed by atoms with Gasteiger partial charge in [-0.05, 0) is 0 Å². The Bertz CT molecular complexity index is 360. The molecule has 0 aliphatic carbocycles. The van der Waals surface area contributed by atoms with Crippen LogP contribution in [0.25, 0.3) is 0 Å². The summed E-state index contributed by atoms with van der Waals surface area (Å²) < 4.78 is 13.4. The van der Waals surface area contributed by atoms with Crippen LogP contribution in [0.5, 0.6) is 0 Å². The number of rotatable bonds is 3. The average Bonchev–Trinajstić information content (AvgIpc) is 2.99. The molecule has 1 aromatic rings. The van der Waals surface area contributed by atoms with Gasteiger partial charge in [-0.3, -0.25) is 0 Å². The molecule has 0 saturated carbocycles. The molecule has 3 rings (SSSR count). The number of hydrogen-bond donors (Lipinski definition) is 0. The van der Waals surface area contributed by atoms with Gasteiger partial charge in [0.1, 0.15) is 0 Å². The van der Waals surface area contributed by atoms with Crippen molar-refractivity contribution in [3.8, 4) is 0 Å². The molecule has 2 atom stereocenters. The predicted octanol–water partition coefficient (Wildman–Crippen LogP) is 2.12. The van der Waals surface area contributed by atoms with Crippen LogP contribution in [0.4, 0.5) is 0 Å². The fourth-order valence-corrected chi connectivity index (χ4v) is 4.61. The molecule has 2 nitrogen and oxygen atoms in total. The standard InChI is InChI=1S/C14H18O2Se/c1-2-5-13(6-3-1)17-11-12-7-9-14(16-12)8-4-10-15-14/h1-3,5-6,12H,4,7-11H2/t12-,14-/m1/s1. The van der Waals surface area contributed by atoms with E-state index in [0.29, 0.717) is 21.1 Å². The van der Waals surface area contributed by atoms with Gasteiger partial charge in [0.05, 0.1) is 0 Å². The SMILES string of the molecule is c1ccc([Se]C[C@H]2CC[C@@]3(CCCO3)O2)cc1. The molecule has 92 valence electrons. The van der Waals surface area contributed by atoms with E-state index < -0.39 is 0 Å². The molecule has 1 spiro atoms. The van der Waals surface area contributed by atoms with Crippen molar-refractivity contribution in [2.75, 3.05) is 6.61 Å². The summed E-state index contributed by atoms with van der Waals surface area (Å²) in [7, 11) is 0. The van der Waals surface area contributed by atoms with Gasteiger partial charge in [-0.1, -0.05) is 0 Å². The molecule has 2 aliphatic rings. The van der Waals surface area contributed by atoms with E-state index >= 15 is 0 Å². The fraction of sp³-hybridized carbons (Fsp3) is 0.571. The van der Waals surface area contributed by atoms with Gasteiger partial charge in [-0.2, -0.15) is 0 Å². The third kappa shape index (κ3) is 2.74. The van der Waals surface area contributed by atoms with Crippen molar-refractivity contribution in [3.63, 3.8) is 0 Å². The van der Waals surface area contributed by atoms with Crippen molar-refractivity contribution in [2.24, 2.45) is 0 Å². The molecule has 0 unspecified atom stereocenters. The molecule has 2 saturated heterocycles. The zero-order valence-electron chi connectivity index (χ0n) is 9.93. The Morgan fingerprint density at radius 1 is 1.24 bits per heavy atom. The number of benzene rings is 1. The molecular formula is C14H18O2Se. The Labute approximate surface area is 109 Å². The molecule has 17 heavy (non-hydrogen) atoms. The summed E-state index contributed by atoms with van der Waals surface area (Å²) in [4.78, 5) is 0. The zero-order valence-corrected chi connectivity index (χ0v) is 11.6. The summed E-state index contributed by atoms with van der Waals surface area (Å²) in [6.07, 6.45) is 4.96. The first-order valence-electron chi connectivity index (χ1n) is 6.36. The third-order valence-corrected chi connectivity index (χ3v) is 5.87. The second-order valence-electron chi connectivity index (χ2n) is 4.77. The van der Waals surface area contributed by atoms with Crippen LogP contribution in [0.3, 0.4) is 0 Å². The van der Waals surface area contributed by atoms with Crippen LogP contribution in [0.15, 0.2) is 30.3 Å². The number of hydrogen-bond acceptors (Lipinski definition) is 2. The van der Waals surface area contributed by atoms with Crippen molar-refractivity contribution >= 4 is 19.4 Å². The van der Waals surface area contributed by atoms with Gasteiger partial charge < -0.3 is 0 Å². The maximum atomic E-state index is 6.13. The Hall–Kier alpha value is -0.341. The Kier molecular flexibility index (Phi) is 3.53. The van der Waals surface area contributed by atoms with Gasteiger partial charge in [0, 0.05) is 0 Å². The second kappa shape index (κ2) is 5.11. The predicted molar refractivity (Wildman–Crippen MR) is 68.7 cm³/mol. The molecule has 2 heterocycles. The van der Waals surface area contributed by atoms with E-state index in [0.717, 1.165) is 25.9 Å². The molecule has 0 N–H and O–H groups in total. The Morgan fingerprint density at radius 3 is 2.88 bits per heavy atom. The first kappa shape index (κ1) is 11.7. The summed E-state index contributed by atoms with van der Waals surface area (Å²) in [5.41, 5.74) is 0. The van der Waals surface area contributed by atoms with Crippen molar-refractivity contribution in [3.05, 3.63) is 30.3 Å². The van der Waals surface area contributed by atoms with Crippen molar-refractivity contribution < 1.29 is 9.47 Å². The van der Waals surface area contributed by atoms with Crippen molar-refractivity contribution in [2.45, 2.75) is 42.9 Å². The minimum atomic E-state index is -0.183. The number of ether oxygens (including phenoxy) is 2. The quantitative estimate of drug-likeness (QED) is 0.796. The van der Waals surface area contributed by atoms with Crippen LogP contribution in [0.2, 0.25) is 5.32 Å². The summed E-state index contributed by atoms with van der Waals surface area (Å²) in [5, 5.41) is 1.18. The monoisotopic (exact) mass is 298 g/mol. The van der Waals surface area contributed by atoms with Crippen LogP contribution in [0.1, 0.15) is 25.7 Å². The van der Waals surface area contributed by atoms with Gasteiger partial charge in [-0.15, -0.1) is 0 Å². The topological polar surface area (TPSA) is 18.5 Å². The molecule has 0 bridgehead atoms. The summed E-state index contributed by atoms with van der Waals surface area (Å²) >= 11 is 0.538. The van der Waals surface area contributed by atoms with E-state index in [1.807, 2.05) is 0 Å². The normalized spacial score (nSPS) is 32.4. The van der Waals surface area contributed by atoms with Crippen LogP contribution in [0, 0.1) is 0 Å². The van der Waals surface area contributed by atoms with Gasteiger partial charge >= 0.3 is 109 Å². The molecule has 2 fully saturated rings. The van der Waals surface area contributed by atoms with Crippen molar-refractivity contribution in [1.29, 1.82) is 0 Å². The van der Waals surface area contributed by atoms with E-state index in [2.05, 4.69) is 30.3 Å². The van der Waals surface area contributed by atoms with E-state index in [-0.39, 0.29) is 5.79 Å². The molecule has 2 aliphatic heterocycles. The molecule has 0 radical (unpaired) electrons. The third-order valence-electron chi connectivity index (χ3n) is 3.47. The van der Waals surface area contributed by atoms with E-state index in [4.69, 9.17) is 9.47 Å². The molecular weight excluding hydrogens is 279 g/mol. The molecule has 3 heteroatoms. The average molecular weight is 297 g/mol. The van der Waals surface area contributed by atoms with E-state index in [1.54, 1.807) is 0 Å². The first-order chi connectivity index (χ1) is 8.36. The fourth-order valence-electron chi connectivity index (χ4n) is 2.59. The zero-order chi connectivity index (χ0) is 11.6. The van der Waals surface area contributed by atoms with Gasteiger partial charge in [0.15, 0.2) is 0 Å². The second-order valence-corrected chi connectivity index (χ2v) is 7.06. The Morgan fingerprint density at radius 2 is 2.12 bits per heavy atom. The van der Waals surface area contributed by atoms with Crippen LogP contribution in [-0.2, 0) is 9.47 Å². The molecule has 0 amide bonds. The van der Waals surface area contributed by atoms with Crippen LogP contribution < -0.4 is 4.46 Å². The van der Waals surface area contributed by atoms with Crippen LogP contribution in [-0.4, -0.2) is 33.5 Å². The van der Waals surface area contributed by atoms with Gasteiger partial charge in [-0.25, -0.2) is 0 Å². The Balaban J connectivity index is 1.51. The summed E-state index contributed by atoms with van der Waals surface area (Å²) in [5.74, 6) is -0.183. The summed E-state index contributed by atoms with van der Waals surface area (Å²) in [6.45, 7) is 0.885. The molecule has 0 aromatic heterocycles. The summed E-state index contributed by atoms with van der Waals surface area (Å²) in [6, 6.07) is 10.8. The van der Waals surface area contributed by atoms with Crippen LogP contribution >= 0.6 is 0 Å².